The van der Waals surface area contributed by atoms with E-state index in [0.717, 1.165) is 39.6 Å². The fourth-order valence-corrected chi connectivity index (χ4v) is 12.2. The minimum atomic E-state index is -0.287. The summed E-state index contributed by atoms with van der Waals surface area (Å²) in [5.74, 6) is 2.83. The van der Waals surface area contributed by atoms with Gasteiger partial charge in [0.15, 0.2) is 23.0 Å². The normalized spacial score (nSPS) is 14.1. The SMILES string of the molecule is Cc1cc2c3c(c1)N(c1ccc(C(C)(C)C)cc1-c1ccccc1)c1cc4c(cc1B3n1c3c(c5cc(N(c6ccccc6)c6ccccc6)cc-2c51)C(C)(C)c1ccccc1-3)Oc1ccccc1O4. The maximum absolute atomic E-state index is 6.85. The van der Waals surface area contributed by atoms with E-state index < -0.39 is 0 Å². The molecule has 4 aliphatic rings. The summed E-state index contributed by atoms with van der Waals surface area (Å²) in [6.45, 7) is 13.8. The molecule has 0 N–H and O–H groups in total. The summed E-state index contributed by atoms with van der Waals surface area (Å²) in [4.78, 5) is 4.96. The van der Waals surface area contributed by atoms with Crippen LogP contribution in [-0.2, 0) is 10.8 Å². The Labute approximate surface area is 409 Å². The highest BCUT2D eigenvalue weighted by Gasteiger charge is 2.49. The molecule has 0 saturated carbocycles. The van der Waals surface area contributed by atoms with Crippen molar-refractivity contribution in [3.8, 4) is 56.5 Å². The predicted molar refractivity (Wildman–Crippen MR) is 290 cm³/mol. The first kappa shape index (κ1) is 40.8. The molecule has 5 nitrogen and oxygen atoms in total. The van der Waals surface area contributed by atoms with Crippen LogP contribution in [0.25, 0.3) is 44.4 Å². The smallest absolute Gasteiger partial charge is 0.333 e. The number of fused-ring (bicyclic) bond motifs is 11. The van der Waals surface area contributed by atoms with Crippen LogP contribution in [0.3, 0.4) is 0 Å². The predicted octanol–water partition coefficient (Wildman–Crippen LogP) is 16.0. The molecular formula is C64H50BN3O2. The highest BCUT2D eigenvalue weighted by molar-refractivity contribution is 6.90. The number of hydrogen-bond donors (Lipinski definition) is 0. The number of ether oxygens (including phenoxy) is 2. The van der Waals surface area contributed by atoms with Crippen LogP contribution in [0.4, 0.5) is 34.1 Å². The molecule has 9 aromatic carbocycles. The van der Waals surface area contributed by atoms with Crippen LogP contribution < -0.4 is 30.2 Å². The summed E-state index contributed by atoms with van der Waals surface area (Å²) < 4.78 is 16.4. The van der Waals surface area contributed by atoms with Gasteiger partial charge in [-0.1, -0.05) is 150 Å². The molecule has 0 saturated heterocycles. The number of nitrogens with zero attached hydrogens (tertiary/aromatic N) is 3. The summed E-state index contributed by atoms with van der Waals surface area (Å²) in [5, 5.41) is 1.27. The fraction of sp³-hybridized carbons (Fsp3) is 0.125. The monoisotopic (exact) mass is 903 g/mol. The third-order valence-electron chi connectivity index (χ3n) is 15.3. The maximum atomic E-state index is 6.85. The minimum Gasteiger partial charge on any atom is -0.450 e. The van der Waals surface area contributed by atoms with E-state index in [9.17, 15) is 0 Å². The molecule has 6 heteroatoms. The molecule has 0 amide bonds. The van der Waals surface area contributed by atoms with Gasteiger partial charge in [-0.3, -0.25) is 0 Å². The highest BCUT2D eigenvalue weighted by atomic mass is 16.6. The van der Waals surface area contributed by atoms with Crippen molar-refractivity contribution in [1.82, 2.24) is 4.48 Å². The third-order valence-corrected chi connectivity index (χ3v) is 15.3. The molecule has 0 radical (unpaired) electrons. The van der Waals surface area contributed by atoms with Gasteiger partial charge in [-0.25, -0.2) is 0 Å². The number of anilines is 6. The van der Waals surface area contributed by atoms with Gasteiger partial charge < -0.3 is 23.8 Å². The molecule has 14 rings (SSSR count). The van der Waals surface area contributed by atoms with Crippen molar-refractivity contribution in [3.05, 3.63) is 216 Å². The molecule has 0 unspecified atom stereocenters. The van der Waals surface area contributed by atoms with Crippen molar-refractivity contribution in [1.29, 1.82) is 0 Å². The molecule has 0 atom stereocenters. The first-order valence-corrected chi connectivity index (χ1v) is 24.5. The molecule has 70 heavy (non-hydrogen) atoms. The number of hydrogen-bond acceptors (Lipinski definition) is 4. The van der Waals surface area contributed by atoms with E-state index >= 15 is 0 Å². The second-order valence-corrected chi connectivity index (χ2v) is 21.0. The lowest BCUT2D eigenvalue weighted by Crippen LogP contribution is -2.57. The molecule has 3 aliphatic heterocycles. The van der Waals surface area contributed by atoms with E-state index in [1.807, 2.05) is 24.3 Å². The summed E-state index contributed by atoms with van der Waals surface area (Å²) in [7, 11) is 0. The Morgan fingerprint density at radius 2 is 1.14 bits per heavy atom. The van der Waals surface area contributed by atoms with Gasteiger partial charge in [0, 0.05) is 73.2 Å². The van der Waals surface area contributed by atoms with E-state index in [1.54, 1.807) is 0 Å². The molecule has 4 heterocycles. The molecular weight excluding hydrogens is 854 g/mol. The molecule has 0 bridgehead atoms. The quantitative estimate of drug-likeness (QED) is 0.161. The first-order valence-electron chi connectivity index (χ1n) is 24.5. The van der Waals surface area contributed by atoms with Gasteiger partial charge in [0.25, 0.3) is 0 Å². The lowest BCUT2D eigenvalue weighted by atomic mass is 9.45. The van der Waals surface area contributed by atoms with Gasteiger partial charge in [-0.05, 0) is 129 Å². The van der Waals surface area contributed by atoms with Crippen LogP contribution in [0, 0.1) is 6.92 Å². The zero-order valence-electron chi connectivity index (χ0n) is 40.2. The molecule has 1 aromatic heterocycles. The molecule has 0 fully saturated rings. The van der Waals surface area contributed by atoms with Gasteiger partial charge in [-0.15, -0.1) is 0 Å². The van der Waals surface area contributed by atoms with E-state index in [1.165, 1.54) is 72.1 Å². The van der Waals surface area contributed by atoms with Crippen molar-refractivity contribution in [2.45, 2.75) is 52.4 Å². The van der Waals surface area contributed by atoms with Gasteiger partial charge in [0.2, 0.25) is 0 Å². The largest absolute Gasteiger partial charge is 0.450 e. The fourth-order valence-electron chi connectivity index (χ4n) is 12.2. The van der Waals surface area contributed by atoms with E-state index in [2.05, 4.69) is 226 Å². The Bertz CT molecular complexity index is 3770. The second kappa shape index (κ2) is 14.6. The van der Waals surface area contributed by atoms with Crippen LogP contribution in [-0.4, -0.2) is 11.3 Å². The average molecular weight is 904 g/mol. The number of para-hydroxylation sites is 4. The van der Waals surface area contributed by atoms with Crippen LogP contribution in [0.15, 0.2) is 194 Å². The van der Waals surface area contributed by atoms with Gasteiger partial charge in [0.1, 0.15) is 0 Å². The van der Waals surface area contributed by atoms with Crippen LogP contribution >= 0.6 is 0 Å². The van der Waals surface area contributed by atoms with Crippen LogP contribution in [0.5, 0.6) is 23.0 Å². The standard InChI is InChI=1S/C64H50BN3O2/c1-39-32-47-48-35-44(66(42-22-12-8-13-23-42)43-24-14-9-15-25-43)36-49-59-62(45-26-16-17-27-50(45)64(59,5)6)68(61(48)49)65-51-37-57-58(70-56-29-19-18-28-55(56)69-57)38-53(51)67(54(33-39)60(47)65)52-31-30-41(63(2,3)4)34-46(52)40-20-10-7-11-21-40/h7-38H,1-6H3. The van der Waals surface area contributed by atoms with Crippen molar-refractivity contribution >= 4 is 62.8 Å². The average Bonchev–Trinajstić information content (AvgIpc) is 3.84. The van der Waals surface area contributed by atoms with Gasteiger partial charge in [-0.2, -0.15) is 0 Å². The third kappa shape index (κ3) is 5.80. The Balaban J connectivity index is 1.13. The van der Waals surface area contributed by atoms with Crippen LogP contribution in [0.1, 0.15) is 56.9 Å². The summed E-state index contributed by atoms with van der Waals surface area (Å²) in [5.41, 5.74) is 22.6. The summed E-state index contributed by atoms with van der Waals surface area (Å²) >= 11 is 0. The number of aryl methyl sites for hydroxylation is 1. The van der Waals surface area contributed by atoms with E-state index in [-0.39, 0.29) is 17.7 Å². The molecule has 10 aromatic rings. The van der Waals surface area contributed by atoms with E-state index in [4.69, 9.17) is 9.47 Å². The Morgan fingerprint density at radius 1 is 0.514 bits per heavy atom. The number of aromatic nitrogens is 1. The van der Waals surface area contributed by atoms with Crippen molar-refractivity contribution in [2.75, 3.05) is 9.80 Å². The van der Waals surface area contributed by atoms with Gasteiger partial charge >= 0.3 is 6.85 Å². The Hall–Kier alpha value is -8.22. The molecule has 1 aliphatic carbocycles. The topological polar surface area (TPSA) is 29.9 Å². The Kier molecular flexibility index (Phi) is 8.54. The first-order chi connectivity index (χ1) is 34.0. The Morgan fingerprint density at radius 3 is 1.83 bits per heavy atom. The number of rotatable bonds is 5. The van der Waals surface area contributed by atoms with Crippen LogP contribution in [0.2, 0.25) is 0 Å². The van der Waals surface area contributed by atoms with Gasteiger partial charge in [0.05, 0.1) is 5.69 Å². The summed E-state index contributed by atoms with van der Waals surface area (Å²) in [6, 6.07) is 71.0. The molecule has 0 spiro atoms. The lowest BCUT2D eigenvalue weighted by Gasteiger charge is -2.42. The van der Waals surface area contributed by atoms with E-state index in [0.29, 0.717) is 23.0 Å². The zero-order valence-corrected chi connectivity index (χ0v) is 40.2. The minimum absolute atomic E-state index is 0.0633. The lowest BCUT2D eigenvalue weighted by molar-refractivity contribution is 0.360. The molecule has 336 valence electrons. The second-order valence-electron chi connectivity index (χ2n) is 21.0. The van der Waals surface area contributed by atoms with Crippen molar-refractivity contribution in [3.63, 3.8) is 0 Å². The summed E-state index contributed by atoms with van der Waals surface area (Å²) in [6.07, 6.45) is 0. The zero-order chi connectivity index (χ0) is 47.2. The van der Waals surface area contributed by atoms with Crippen molar-refractivity contribution < 1.29 is 9.47 Å². The number of benzene rings is 9. The maximum Gasteiger partial charge on any atom is 0.333 e. The highest BCUT2D eigenvalue weighted by Crippen LogP contribution is 2.58. The van der Waals surface area contributed by atoms with Crippen molar-refractivity contribution in [2.24, 2.45) is 0 Å².